The molecule has 5 nitrogen and oxygen atoms in total. The van der Waals surface area contributed by atoms with Crippen LogP contribution < -0.4 is 10.6 Å². The quantitative estimate of drug-likeness (QED) is 0.746. The monoisotopic (exact) mass is 292 g/mol. The van der Waals surface area contributed by atoms with E-state index in [2.05, 4.69) is 10.6 Å². The van der Waals surface area contributed by atoms with Crippen molar-refractivity contribution in [1.29, 1.82) is 0 Å². The van der Waals surface area contributed by atoms with Crippen molar-refractivity contribution in [2.75, 3.05) is 0 Å². The summed E-state index contributed by atoms with van der Waals surface area (Å²) in [6.07, 6.45) is -0.0135. The molecule has 5 heteroatoms. The summed E-state index contributed by atoms with van der Waals surface area (Å²) in [6.45, 7) is 8.04. The average molecular weight is 292 g/mol. The van der Waals surface area contributed by atoms with Crippen LogP contribution >= 0.6 is 0 Å². The minimum atomic E-state index is -0.860. The van der Waals surface area contributed by atoms with E-state index in [0.29, 0.717) is 6.54 Å². The molecule has 0 fully saturated rings. The van der Waals surface area contributed by atoms with Crippen LogP contribution in [0.3, 0.4) is 0 Å². The number of carbonyl (C=O) groups is 2. The summed E-state index contributed by atoms with van der Waals surface area (Å²) >= 11 is 0. The Morgan fingerprint density at radius 1 is 1.19 bits per heavy atom. The van der Waals surface area contributed by atoms with Crippen LogP contribution in [0.1, 0.15) is 38.8 Å². The predicted octanol–water partition coefficient (Wildman–Crippen LogP) is 1.71. The van der Waals surface area contributed by atoms with Gasteiger partial charge in [0.05, 0.1) is 12.5 Å². The number of benzene rings is 1. The average Bonchev–Trinajstić information content (AvgIpc) is 2.34. The van der Waals surface area contributed by atoms with Crippen LogP contribution in [0.4, 0.5) is 0 Å². The minimum Gasteiger partial charge on any atom is -0.481 e. The fourth-order valence-corrected chi connectivity index (χ4v) is 1.90. The molecule has 1 aromatic rings. The lowest BCUT2D eigenvalue weighted by atomic mass is 10.0. The standard InChI is InChI=1S/C16H24N2O3/c1-11(15(21)18-16(2,3)4)17-10-13-8-6-5-7-12(13)9-14(19)20/h5-8,11,17H,9-10H2,1-4H3,(H,18,21)(H,19,20). The Bertz CT molecular complexity index is 506. The van der Waals surface area contributed by atoms with Gasteiger partial charge in [-0.15, -0.1) is 0 Å². The summed E-state index contributed by atoms with van der Waals surface area (Å²) in [6, 6.07) is 7.01. The van der Waals surface area contributed by atoms with Gasteiger partial charge in [0.2, 0.25) is 5.91 Å². The smallest absolute Gasteiger partial charge is 0.307 e. The molecule has 0 aliphatic rings. The molecule has 0 saturated carbocycles. The number of nitrogens with one attached hydrogen (secondary N) is 2. The summed E-state index contributed by atoms with van der Waals surface area (Å²) < 4.78 is 0. The van der Waals surface area contributed by atoms with Gasteiger partial charge in [-0.05, 0) is 38.8 Å². The third kappa shape index (κ3) is 6.40. The maximum Gasteiger partial charge on any atom is 0.307 e. The molecule has 3 N–H and O–H groups in total. The Hall–Kier alpha value is -1.88. The molecule has 1 rings (SSSR count). The molecule has 0 heterocycles. The molecule has 1 amide bonds. The van der Waals surface area contributed by atoms with Crippen molar-refractivity contribution in [1.82, 2.24) is 10.6 Å². The Kier molecular flexibility index (Phi) is 5.90. The summed E-state index contributed by atoms with van der Waals surface area (Å²) in [5, 5.41) is 14.9. The maximum atomic E-state index is 12.0. The largest absolute Gasteiger partial charge is 0.481 e. The van der Waals surface area contributed by atoms with Crippen molar-refractivity contribution < 1.29 is 14.7 Å². The van der Waals surface area contributed by atoms with Crippen LogP contribution in [-0.4, -0.2) is 28.6 Å². The number of carbonyl (C=O) groups excluding carboxylic acids is 1. The number of amides is 1. The number of carboxylic acids is 1. The van der Waals surface area contributed by atoms with Gasteiger partial charge in [0.1, 0.15) is 0 Å². The highest BCUT2D eigenvalue weighted by atomic mass is 16.4. The third-order valence-corrected chi connectivity index (χ3v) is 2.95. The Morgan fingerprint density at radius 2 is 1.76 bits per heavy atom. The Labute approximate surface area is 125 Å². The zero-order valence-corrected chi connectivity index (χ0v) is 13.1. The second kappa shape index (κ2) is 7.22. The molecule has 0 aliphatic heterocycles. The van der Waals surface area contributed by atoms with Gasteiger partial charge in [0.15, 0.2) is 0 Å². The molecular formula is C16H24N2O3. The molecule has 1 atom stereocenters. The number of rotatable bonds is 6. The van der Waals surface area contributed by atoms with Crippen LogP contribution in [0.25, 0.3) is 0 Å². The van der Waals surface area contributed by atoms with E-state index >= 15 is 0 Å². The van der Waals surface area contributed by atoms with Crippen molar-refractivity contribution in [3.05, 3.63) is 35.4 Å². The molecule has 1 unspecified atom stereocenters. The van der Waals surface area contributed by atoms with Crippen molar-refractivity contribution >= 4 is 11.9 Å². The molecule has 1 aromatic carbocycles. The lowest BCUT2D eigenvalue weighted by molar-refractivity contribution is -0.136. The number of aliphatic carboxylic acids is 1. The van der Waals surface area contributed by atoms with Gasteiger partial charge in [-0.25, -0.2) is 0 Å². The normalized spacial score (nSPS) is 12.8. The molecule has 0 spiro atoms. The molecule has 0 radical (unpaired) electrons. The molecule has 0 saturated heterocycles. The van der Waals surface area contributed by atoms with Crippen LogP contribution in [0, 0.1) is 0 Å². The topological polar surface area (TPSA) is 78.4 Å². The number of hydrogen-bond acceptors (Lipinski definition) is 3. The van der Waals surface area contributed by atoms with E-state index in [4.69, 9.17) is 5.11 Å². The Balaban J connectivity index is 2.63. The van der Waals surface area contributed by atoms with Gasteiger partial charge >= 0.3 is 5.97 Å². The third-order valence-electron chi connectivity index (χ3n) is 2.95. The number of hydrogen-bond donors (Lipinski definition) is 3. The van der Waals surface area contributed by atoms with Crippen molar-refractivity contribution in [2.24, 2.45) is 0 Å². The first-order chi connectivity index (χ1) is 9.69. The van der Waals surface area contributed by atoms with E-state index in [1.165, 1.54) is 0 Å². The van der Waals surface area contributed by atoms with Crippen LogP contribution in [0.15, 0.2) is 24.3 Å². The van der Waals surface area contributed by atoms with Gasteiger partial charge in [-0.2, -0.15) is 0 Å². The predicted molar refractivity (Wildman–Crippen MR) is 82.0 cm³/mol. The zero-order valence-electron chi connectivity index (χ0n) is 13.1. The maximum absolute atomic E-state index is 12.0. The van der Waals surface area contributed by atoms with Crippen LogP contribution in [0.5, 0.6) is 0 Å². The molecular weight excluding hydrogens is 268 g/mol. The Morgan fingerprint density at radius 3 is 2.29 bits per heavy atom. The first kappa shape index (κ1) is 17.2. The van der Waals surface area contributed by atoms with Crippen molar-refractivity contribution in [3.63, 3.8) is 0 Å². The summed E-state index contributed by atoms with van der Waals surface area (Å²) in [5.74, 6) is -0.931. The highest BCUT2D eigenvalue weighted by Gasteiger charge is 2.19. The zero-order chi connectivity index (χ0) is 16.0. The summed E-state index contributed by atoms with van der Waals surface area (Å²) in [4.78, 5) is 22.8. The lowest BCUT2D eigenvalue weighted by Crippen LogP contribution is -2.49. The minimum absolute atomic E-state index is 0.0135. The number of carboxylic acid groups (broad SMARTS) is 1. The molecule has 0 aromatic heterocycles. The fraction of sp³-hybridized carbons (Fsp3) is 0.500. The summed E-state index contributed by atoms with van der Waals surface area (Å²) in [7, 11) is 0. The van der Waals surface area contributed by atoms with E-state index in [0.717, 1.165) is 11.1 Å². The molecule has 21 heavy (non-hydrogen) atoms. The highest BCUT2D eigenvalue weighted by molar-refractivity contribution is 5.81. The van der Waals surface area contributed by atoms with Crippen LogP contribution in [0.2, 0.25) is 0 Å². The molecule has 116 valence electrons. The summed E-state index contributed by atoms with van der Waals surface area (Å²) in [5.41, 5.74) is 1.39. The first-order valence-corrected chi connectivity index (χ1v) is 7.03. The van der Waals surface area contributed by atoms with Crippen molar-refractivity contribution in [3.8, 4) is 0 Å². The van der Waals surface area contributed by atoms with Crippen LogP contribution in [-0.2, 0) is 22.6 Å². The second-order valence-corrected chi connectivity index (χ2v) is 6.18. The van der Waals surface area contributed by atoms with E-state index in [9.17, 15) is 9.59 Å². The van der Waals surface area contributed by atoms with E-state index in [1.54, 1.807) is 13.0 Å². The van der Waals surface area contributed by atoms with Gasteiger partial charge in [0, 0.05) is 12.1 Å². The fourth-order valence-electron chi connectivity index (χ4n) is 1.90. The molecule has 0 aliphatic carbocycles. The van der Waals surface area contributed by atoms with E-state index in [1.807, 2.05) is 39.0 Å². The SMILES string of the molecule is CC(NCc1ccccc1CC(=O)O)C(=O)NC(C)(C)C. The highest BCUT2D eigenvalue weighted by Crippen LogP contribution is 2.10. The van der Waals surface area contributed by atoms with Crippen molar-refractivity contribution in [2.45, 2.75) is 52.2 Å². The van der Waals surface area contributed by atoms with E-state index < -0.39 is 5.97 Å². The van der Waals surface area contributed by atoms with E-state index in [-0.39, 0.29) is 23.9 Å². The van der Waals surface area contributed by atoms with Gasteiger partial charge in [-0.1, -0.05) is 24.3 Å². The van der Waals surface area contributed by atoms with Gasteiger partial charge in [-0.3, -0.25) is 9.59 Å². The second-order valence-electron chi connectivity index (χ2n) is 6.18. The lowest BCUT2D eigenvalue weighted by Gasteiger charge is -2.24. The molecule has 0 bridgehead atoms. The van der Waals surface area contributed by atoms with Gasteiger partial charge < -0.3 is 15.7 Å². The van der Waals surface area contributed by atoms with Gasteiger partial charge in [0.25, 0.3) is 0 Å². The first-order valence-electron chi connectivity index (χ1n) is 7.03.